The van der Waals surface area contributed by atoms with Crippen molar-refractivity contribution in [2.75, 3.05) is 0 Å². The van der Waals surface area contributed by atoms with Crippen molar-refractivity contribution >= 4 is 23.9 Å². The summed E-state index contributed by atoms with van der Waals surface area (Å²) in [6.45, 7) is 1.93. The summed E-state index contributed by atoms with van der Waals surface area (Å²) >= 11 is 0. The van der Waals surface area contributed by atoms with Crippen LogP contribution < -0.4 is 10.6 Å². The fourth-order valence-electron chi connectivity index (χ4n) is 2.36. The van der Waals surface area contributed by atoms with Gasteiger partial charge in [-0.25, -0.2) is 4.79 Å². The van der Waals surface area contributed by atoms with Crippen LogP contribution in [0.2, 0.25) is 0 Å². The molecule has 2 aromatic rings. The number of urea groups is 1. The quantitative estimate of drug-likeness (QED) is 0.651. The van der Waals surface area contributed by atoms with Crippen LogP contribution in [0.5, 0.6) is 0 Å². The minimum absolute atomic E-state index is 0.102. The molecule has 3 rings (SSSR count). The fourth-order valence-corrected chi connectivity index (χ4v) is 2.36. The smallest absolute Gasteiger partial charge is 0.314 e. The van der Waals surface area contributed by atoms with E-state index >= 15 is 0 Å². The van der Waals surface area contributed by atoms with Crippen molar-refractivity contribution < 1.29 is 14.4 Å². The number of nitrogens with one attached hydrogen (secondary N) is 2. The molecular formula is C16H13N3O3. The van der Waals surface area contributed by atoms with E-state index in [0.717, 1.165) is 11.4 Å². The SMILES string of the molecule is Cc1ccc(C=C2C(=O)NC(=O)NC2=O)n1-c1ccccc1. The predicted molar refractivity (Wildman–Crippen MR) is 80.2 cm³/mol. The van der Waals surface area contributed by atoms with E-state index < -0.39 is 17.8 Å². The molecule has 1 saturated heterocycles. The highest BCUT2D eigenvalue weighted by Crippen LogP contribution is 2.19. The lowest BCUT2D eigenvalue weighted by Gasteiger charge is -2.15. The van der Waals surface area contributed by atoms with Gasteiger partial charge in [0.2, 0.25) is 0 Å². The highest BCUT2D eigenvalue weighted by atomic mass is 16.2. The molecule has 0 saturated carbocycles. The Balaban J connectivity index is 2.07. The van der Waals surface area contributed by atoms with Crippen LogP contribution in [0.3, 0.4) is 0 Å². The third-order valence-electron chi connectivity index (χ3n) is 3.36. The van der Waals surface area contributed by atoms with Crippen molar-refractivity contribution in [3.63, 3.8) is 0 Å². The number of aryl methyl sites for hydroxylation is 1. The summed E-state index contributed by atoms with van der Waals surface area (Å²) < 4.78 is 1.92. The van der Waals surface area contributed by atoms with E-state index in [1.807, 2.05) is 54.0 Å². The summed E-state index contributed by atoms with van der Waals surface area (Å²) in [6, 6.07) is 12.5. The molecule has 22 heavy (non-hydrogen) atoms. The number of hydrogen-bond acceptors (Lipinski definition) is 3. The number of carbonyl (C=O) groups is 3. The Morgan fingerprint density at radius 2 is 1.55 bits per heavy atom. The molecule has 110 valence electrons. The molecule has 1 aromatic heterocycles. The predicted octanol–water partition coefficient (Wildman–Crippen LogP) is 1.54. The Labute approximate surface area is 126 Å². The van der Waals surface area contributed by atoms with Gasteiger partial charge in [-0.15, -0.1) is 0 Å². The summed E-state index contributed by atoms with van der Waals surface area (Å²) in [5.74, 6) is -1.40. The van der Waals surface area contributed by atoms with Gasteiger partial charge in [0.1, 0.15) is 5.57 Å². The maximum Gasteiger partial charge on any atom is 0.328 e. The van der Waals surface area contributed by atoms with Crippen molar-refractivity contribution in [1.82, 2.24) is 15.2 Å². The van der Waals surface area contributed by atoms with E-state index in [-0.39, 0.29) is 5.57 Å². The van der Waals surface area contributed by atoms with Crippen LogP contribution in [0.25, 0.3) is 11.8 Å². The average Bonchev–Trinajstić information content (AvgIpc) is 2.84. The Kier molecular flexibility index (Phi) is 3.34. The number of benzene rings is 1. The Bertz CT molecular complexity index is 781. The van der Waals surface area contributed by atoms with Gasteiger partial charge in [-0.05, 0) is 37.3 Å². The maximum absolute atomic E-state index is 11.8. The number of hydrogen-bond donors (Lipinski definition) is 2. The third-order valence-corrected chi connectivity index (χ3v) is 3.36. The molecule has 1 aromatic carbocycles. The van der Waals surface area contributed by atoms with Gasteiger partial charge in [0.15, 0.2) is 0 Å². The molecule has 0 radical (unpaired) electrons. The van der Waals surface area contributed by atoms with Gasteiger partial charge in [0.05, 0.1) is 0 Å². The van der Waals surface area contributed by atoms with Crippen LogP contribution in [0, 0.1) is 6.92 Å². The first-order chi connectivity index (χ1) is 10.6. The van der Waals surface area contributed by atoms with Crippen LogP contribution in [0.4, 0.5) is 4.79 Å². The summed E-state index contributed by atoms with van der Waals surface area (Å²) in [6.07, 6.45) is 1.47. The minimum atomic E-state index is -0.804. The van der Waals surface area contributed by atoms with Gasteiger partial charge in [-0.2, -0.15) is 0 Å². The standard InChI is InChI=1S/C16H13N3O3/c1-10-7-8-12(19(10)11-5-3-2-4-6-11)9-13-14(20)17-16(22)18-15(13)21/h2-9H,1H3,(H2,17,18,20,21,22). The third kappa shape index (κ3) is 2.42. The topological polar surface area (TPSA) is 80.2 Å². The number of carbonyl (C=O) groups excluding carboxylic acids is 3. The van der Waals surface area contributed by atoms with Gasteiger partial charge >= 0.3 is 6.03 Å². The normalized spacial score (nSPS) is 14.6. The second-order valence-electron chi connectivity index (χ2n) is 4.87. The largest absolute Gasteiger partial charge is 0.328 e. The number of amides is 4. The lowest BCUT2D eigenvalue weighted by Crippen LogP contribution is -2.51. The maximum atomic E-state index is 11.8. The van der Waals surface area contributed by atoms with Crippen LogP contribution >= 0.6 is 0 Å². The molecule has 2 heterocycles. The average molecular weight is 295 g/mol. The highest BCUT2D eigenvalue weighted by molar-refractivity contribution is 6.31. The fraction of sp³-hybridized carbons (Fsp3) is 0.0625. The van der Waals surface area contributed by atoms with Crippen LogP contribution in [-0.2, 0) is 9.59 Å². The number of aromatic nitrogens is 1. The van der Waals surface area contributed by atoms with Crippen molar-refractivity contribution in [2.24, 2.45) is 0 Å². The van der Waals surface area contributed by atoms with Gasteiger partial charge in [0, 0.05) is 17.1 Å². The van der Waals surface area contributed by atoms with E-state index in [1.165, 1.54) is 6.08 Å². The first-order valence-corrected chi connectivity index (χ1v) is 6.68. The van der Waals surface area contributed by atoms with Crippen LogP contribution in [0.1, 0.15) is 11.4 Å². The molecule has 0 unspecified atom stereocenters. The van der Waals surface area contributed by atoms with Gasteiger partial charge < -0.3 is 4.57 Å². The monoisotopic (exact) mass is 295 g/mol. The Hall–Kier alpha value is -3.15. The summed E-state index contributed by atoms with van der Waals surface area (Å²) in [5.41, 5.74) is 2.46. The lowest BCUT2D eigenvalue weighted by atomic mass is 10.1. The highest BCUT2D eigenvalue weighted by Gasteiger charge is 2.28. The molecule has 6 heteroatoms. The first-order valence-electron chi connectivity index (χ1n) is 6.68. The first kappa shape index (κ1) is 13.8. The van der Waals surface area contributed by atoms with Gasteiger partial charge in [-0.1, -0.05) is 18.2 Å². The van der Waals surface area contributed by atoms with E-state index in [9.17, 15) is 14.4 Å². The molecule has 6 nitrogen and oxygen atoms in total. The lowest BCUT2D eigenvalue weighted by molar-refractivity contribution is -0.123. The Morgan fingerprint density at radius 3 is 2.18 bits per heavy atom. The Morgan fingerprint density at radius 1 is 0.909 bits per heavy atom. The number of para-hydroxylation sites is 1. The van der Waals surface area contributed by atoms with Gasteiger partial charge in [0.25, 0.3) is 11.8 Å². The van der Waals surface area contributed by atoms with Crippen LogP contribution in [0.15, 0.2) is 48.0 Å². The minimum Gasteiger partial charge on any atom is -0.314 e. The van der Waals surface area contributed by atoms with E-state index in [2.05, 4.69) is 10.6 Å². The zero-order valence-electron chi connectivity index (χ0n) is 11.8. The van der Waals surface area contributed by atoms with Crippen molar-refractivity contribution in [1.29, 1.82) is 0 Å². The molecule has 2 N–H and O–H groups in total. The molecule has 0 atom stereocenters. The zero-order chi connectivity index (χ0) is 15.7. The molecule has 0 bridgehead atoms. The van der Waals surface area contributed by atoms with E-state index in [4.69, 9.17) is 0 Å². The summed E-state index contributed by atoms with van der Waals surface area (Å²) in [7, 11) is 0. The second-order valence-corrected chi connectivity index (χ2v) is 4.87. The molecule has 0 aliphatic carbocycles. The van der Waals surface area contributed by atoms with Crippen molar-refractivity contribution in [2.45, 2.75) is 6.92 Å². The molecule has 1 fully saturated rings. The van der Waals surface area contributed by atoms with Gasteiger partial charge in [-0.3, -0.25) is 20.2 Å². The molecular weight excluding hydrogens is 282 g/mol. The number of rotatable bonds is 2. The second kappa shape index (κ2) is 5.33. The molecule has 1 aliphatic rings. The molecule has 4 amide bonds. The summed E-state index contributed by atoms with van der Waals surface area (Å²) in [4.78, 5) is 34.7. The van der Waals surface area contributed by atoms with E-state index in [0.29, 0.717) is 5.69 Å². The summed E-state index contributed by atoms with van der Waals surface area (Å²) in [5, 5.41) is 4.12. The number of imide groups is 2. The van der Waals surface area contributed by atoms with Crippen LogP contribution in [-0.4, -0.2) is 22.4 Å². The molecule has 0 spiro atoms. The van der Waals surface area contributed by atoms with Crippen molar-refractivity contribution in [3.8, 4) is 5.69 Å². The zero-order valence-corrected chi connectivity index (χ0v) is 11.8. The van der Waals surface area contributed by atoms with Crippen molar-refractivity contribution in [3.05, 3.63) is 59.4 Å². The number of barbiturate groups is 1. The molecule has 1 aliphatic heterocycles. The number of nitrogens with zero attached hydrogens (tertiary/aromatic N) is 1. The van der Waals surface area contributed by atoms with E-state index in [1.54, 1.807) is 0 Å².